The van der Waals surface area contributed by atoms with Gasteiger partial charge in [-0.3, -0.25) is 0 Å². The molecule has 0 bridgehead atoms. The molecule has 0 saturated carbocycles. The highest BCUT2D eigenvalue weighted by molar-refractivity contribution is 6.80. The Kier molecular flexibility index (Phi) is 2.43. The van der Waals surface area contributed by atoms with Gasteiger partial charge < -0.3 is 9.84 Å². The van der Waals surface area contributed by atoms with E-state index in [0.29, 0.717) is 6.61 Å². The van der Waals surface area contributed by atoms with Crippen molar-refractivity contribution in [1.29, 1.82) is 0 Å². The van der Waals surface area contributed by atoms with Crippen LogP contribution in [0.5, 0.6) is 0 Å². The number of fused-ring (bicyclic) bond motifs is 3. The van der Waals surface area contributed by atoms with Crippen LogP contribution < -0.4 is 0 Å². The molecule has 2 aromatic rings. The Morgan fingerprint density at radius 1 is 0.905 bits per heavy atom. The van der Waals surface area contributed by atoms with Crippen LogP contribution >= 0.6 is 0 Å². The molecule has 3 heteroatoms. The van der Waals surface area contributed by atoms with E-state index >= 15 is 0 Å². The molecule has 1 atom stereocenters. The summed E-state index contributed by atoms with van der Waals surface area (Å²) >= 11 is 0. The van der Waals surface area contributed by atoms with Gasteiger partial charge in [0.15, 0.2) is 0 Å². The molecular formula is C18H20O2Si. The summed E-state index contributed by atoms with van der Waals surface area (Å²) in [5.74, 6) is 0. The second-order valence-corrected chi connectivity index (χ2v) is 12.5. The number of epoxide rings is 1. The second kappa shape index (κ2) is 3.86. The molecule has 2 aromatic carbocycles. The number of aliphatic hydroxyl groups is 1. The van der Waals surface area contributed by atoms with E-state index in [1.807, 2.05) is 24.3 Å². The molecule has 108 valence electrons. The molecule has 1 saturated heterocycles. The van der Waals surface area contributed by atoms with Gasteiger partial charge >= 0.3 is 0 Å². The van der Waals surface area contributed by atoms with Crippen LogP contribution in [0.15, 0.2) is 48.5 Å². The van der Waals surface area contributed by atoms with Gasteiger partial charge in [-0.05, 0) is 22.3 Å². The molecule has 1 aliphatic heterocycles. The molecule has 2 nitrogen and oxygen atoms in total. The molecule has 1 fully saturated rings. The van der Waals surface area contributed by atoms with E-state index in [9.17, 15) is 5.11 Å². The van der Waals surface area contributed by atoms with Crippen molar-refractivity contribution in [1.82, 2.24) is 0 Å². The van der Waals surface area contributed by atoms with Gasteiger partial charge in [0.2, 0.25) is 0 Å². The van der Waals surface area contributed by atoms with Crippen LogP contribution in [0.25, 0.3) is 11.1 Å². The summed E-state index contributed by atoms with van der Waals surface area (Å²) in [6, 6.07) is 16.4. The molecule has 2 aliphatic rings. The number of ether oxygens (including phenoxy) is 1. The van der Waals surface area contributed by atoms with Crippen LogP contribution in [0.3, 0.4) is 0 Å². The third-order valence-electron chi connectivity index (χ3n) is 5.15. The van der Waals surface area contributed by atoms with Gasteiger partial charge in [0.1, 0.15) is 10.8 Å². The molecule has 0 spiro atoms. The number of benzene rings is 2. The van der Waals surface area contributed by atoms with Crippen molar-refractivity contribution >= 4 is 8.07 Å². The molecule has 0 amide bonds. The van der Waals surface area contributed by atoms with Gasteiger partial charge in [0.05, 0.1) is 14.7 Å². The lowest BCUT2D eigenvalue weighted by Gasteiger charge is -2.39. The van der Waals surface area contributed by atoms with Gasteiger partial charge in [-0.2, -0.15) is 0 Å². The minimum atomic E-state index is -1.72. The summed E-state index contributed by atoms with van der Waals surface area (Å²) in [7, 11) is -1.72. The van der Waals surface area contributed by atoms with Crippen molar-refractivity contribution in [2.75, 3.05) is 6.61 Å². The fraction of sp³-hybridized carbons (Fsp3) is 0.333. The second-order valence-electron chi connectivity index (χ2n) is 7.17. The normalized spacial score (nSPS) is 25.3. The predicted octanol–water partition coefficient (Wildman–Crippen LogP) is 3.55. The van der Waals surface area contributed by atoms with E-state index in [-0.39, 0.29) is 0 Å². The molecule has 1 N–H and O–H groups in total. The van der Waals surface area contributed by atoms with Gasteiger partial charge in [0, 0.05) is 0 Å². The Bertz CT molecular complexity index is 680. The zero-order valence-corrected chi connectivity index (χ0v) is 13.7. The summed E-state index contributed by atoms with van der Waals surface area (Å²) in [5, 5.41) is 11.4. The van der Waals surface area contributed by atoms with Gasteiger partial charge in [-0.25, -0.2) is 0 Å². The van der Waals surface area contributed by atoms with E-state index in [0.717, 1.165) is 22.3 Å². The van der Waals surface area contributed by atoms with Crippen LogP contribution in [0.4, 0.5) is 0 Å². The monoisotopic (exact) mass is 296 g/mol. The summed E-state index contributed by atoms with van der Waals surface area (Å²) in [6.07, 6.45) is 0. The van der Waals surface area contributed by atoms with E-state index in [4.69, 9.17) is 4.74 Å². The zero-order valence-electron chi connectivity index (χ0n) is 12.7. The summed E-state index contributed by atoms with van der Waals surface area (Å²) < 4.78 is 5.97. The minimum Gasteiger partial charge on any atom is -0.378 e. The largest absolute Gasteiger partial charge is 0.378 e. The van der Waals surface area contributed by atoms with Crippen LogP contribution in [-0.4, -0.2) is 25.0 Å². The lowest BCUT2D eigenvalue weighted by Crippen LogP contribution is -2.57. The van der Waals surface area contributed by atoms with Crippen molar-refractivity contribution in [3.05, 3.63) is 59.7 Å². The van der Waals surface area contributed by atoms with Crippen LogP contribution in [-0.2, 0) is 10.3 Å². The van der Waals surface area contributed by atoms with E-state index in [2.05, 4.69) is 43.9 Å². The summed E-state index contributed by atoms with van der Waals surface area (Å²) in [4.78, 5) is 0. The van der Waals surface area contributed by atoms with Crippen molar-refractivity contribution in [2.45, 2.75) is 30.5 Å². The highest BCUT2D eigenvalue weighted by Gasteiger charge is 2.71. The average Bonchev–Trinajstić information content (AvgIpc) is 3.24. The highest BCUT2D eigenvalue weighted by atomic mass is 28.3. The molecular weight excluding hydrogens is 276 g/mol. The number of rotatable bonds is 2. The molecule has 21 heavy (non-hydrogen) atoms. The molecule has 1 unspecified atom stereocenters. The van der Waals surface area contributed by atoms with Crippen molar-refractivity contribution in [2.24, 2.45) is 0 Å². The Balaban J connectivity index is 2.06. The first kappa shape index (κ1) is 13.3. The van der Waals surface area contributed by atoms with Crippen molar-refractivity contribution < 1.29 is 9.84 Å². The first-order valence-electron chi connectivity index (χ1n) is 7.47. The minimum absolute atomic E-state index is 0.414. The van der Waals surface area contributed by atoms with Gasteiger partial charge in [-0.1, -0.05) is 68.2 Å². The maximum Gasteiger partial charge on any atom is 0.144 e. The Labute approximate surface area is 126 Å². The first-order chi connectivity index (χ1) is 9.92. The molecule has 1 heterocycles. The fourth-order valence-corrected chi connectivity index (χ4v) is 6.20. The van der Waals surface area contributed by atoms with E-state index < -0.39 is 18.9 Å². The Morgan fingerprint density at radius 3 is 1.71 bits per heavy atom. The predicted molar refractivity (Wildman–Crippen MR) is 86.9 cm³/mol. The van der Waals surface area contributed by atoms with Crippen LogP contribution in [0, 0.1) is 0 Å². The standard InChI is InChI=1S/C18H20O2Si/c1-21(2,3)17(12-20-17)18(19)15-10-6-4-8-13(15)14-9-5-7-11-16(14)18/h4-11,19H,12H2,1-3H3. The first-order valence-corrected chi connectivity index (χ1v) is 11.0. The van der Waals surface area contributed by atoms with E-state index in [1.54, 1.807) is 0 Å². The Morgan fingerprint density at radius 2 is 1.33 bits per heavy atom. The number of hydrogen-bond donors (Lipinski definition) is 1. The van der Waals surface area contributed by atoms with Crippen LogP contribution in [0.1, 0.15) is 11.1 Å². The quantitative estimate of drug-likeness (QED) is 0.679. The smallest absolute Gasteiger partial charge is 0.144 e. The summed E-state index contributed by atoms with van der Waals surface area (Å²) in [6.45, 7) is 7.49. The third-order valence-corrected chi connectivity index (χ3v) is 8.23. The maximum absolute atomic E-state index is 11.8. The average molecular weight is 296 g/mol. The topological polar surface area (TPSA) is 32.8 Å². The van der Waals surface area contributed by atoms with Crippen LogP contribution in [0.2, 0.25) is 19.6 Å². The van der Waals surface area contributed by atoms with E-state index in [1.165, 1.54) is 0 Å². The summed E-state index contributed by atoms with van der Waals surface area (Å²) in [5.41, 5.74) is 3.29. The lowest BCUT2D eigenvalue weighted by atomic mass is 9.87. The molecule has 0 aromatic heterocycles. The van der Waals surface area contributed by atoms with Gasteiger partial charge in [0.25, 0.3) is 0 Å². The third kappa shape index (κ3) is 1.44. The molecule has 1 aliphatic carbocycles. The maximum atomic E-state index is 11.8. The fourth-order valence-electron chi connectivity index (χ4n) is 3.90. The van der Waals surface area contributed by atoms with Crippen molar-refractivity contribution in [3.63, 3.8) is 0 Å². The van der Waals surface area contributed by atoms with Gasteiger partial charge in [-0.15, -0.1) is 0 Å². The highest BCUT2D eigenvalue weighted by Crippen LogP contribution is 2.60. The zero-order chi connectivity index (χ0) is 14.9. The lowest BCUT2D eigenvalue weighted by molar-refractivity contribution is 0.0290. The SMILES string of the molecule is C[Si](C)(C)C1(C2(O)c3ccccc3-c3ccccc32)CO1. The molecule has 4 rings (SSSR count). The van der Waals surface area contributed by atoms with Crippen molar-refractivity contribution in [3.8, 4) is 11.1 Å². The Hall–Kier alpha value is -1.42. The molecule has 0 radical (unpaired) electrons. The number of hydrogen-bond acceptors (Lipinski definition) is 2.